The fourth-order valence-corrected chi connectivity index (χ4v) is 1.13. The normalized spacial score (nSPS) is 14.5. The van der Waals surface area contributed by atoms with Crippen molar-refractivity contribution < 1.29 is 27.9 Å². The number of amides is 1. The molecule has 0 aliphatic carbocycles. The highest BCUT2D eigenvalue weighted by atomic mass is 19.4. The molecule has 0 aromatic carbocycles. The average Bonchev–Trinajstić information content (AvgIpc) is 2.27. The van der Waals surface area contributed by atoms with Crippen molar-refractivity contribution in [3.8, 4) is 0 Å². The Bertz CT molecular complexity index is 566. The molecule has 9 heteroatoms. The molecule has 1 aromatic rings. The highest BCUT2D eigenvalue weighted by Crippen LogP contribution is 2.30. The van der Waals surface area contributed by atoms with E-state index in [4.69, 9.17) is 5.11 Å². The number of alkyl halides is 3. The lowest BCUT2D eigenvalue weighted by Gasteiger charge is -2.28. The number of carbonyl (C=O) groups is 2. The third-order valence-corrected chi connectivity index (χ3v) is 2.40. The van der Waals surface area contributed by atoms with Crippen molar-refractivity contribution in [3.05, 3.63) is 34.2 Å². The number of carbonyl (C=O) groups excluding carboxylic acids is 1. The van der Waals surface area contributed by atoms with Crippen LogP contribution in [0.25, 0.3) is 0 Å². The Kier molecular flexibility index (Phi) is 3.68. The zero-order chi connectivity index (χ0) is 14.8. The first kappa shape index (κ1) is 14.7. The van der Waals surface area contributed by atoms with Gasteiger partial charge >= 0.3 is 12.1 Å². The summed E-state index contributed by atoms with van der Waals surface area (Å²) in [5.41, 5.74) is -4.51. The zero-order valence-electron chi connectivity index (χ0n) is 9.54. The van der Waals surface area contributed by atoms with Crippen LogP contribution in [0.1, 0.15) is 17.3 Å². The number of aromatic amines is 1. The number of hydrogen-bond acceptors (Lipinski definition) is 3. The molecule has 6 nitrogen and oxygen atoms in total. The molecule has 1 atom stereocenters. The van der Waals surface area contributed by atoms with Crippen LogP contribution in [0.2, 0.25) is 0 Å². The molecule has 3 N–H and O–H groups in total. The molecule has 0 aliphatic rings. The molecular formula is C10H9F3N2O4. The van der Waals surface area contributed by atoms with E-state index in [9.17, 15) is 27.6 Å². The van der Waals surface area contributed by atoms with Gasteiger partial charge in [0.2, 0.25) is 11.1 Å². The number of aromatic nitrogens is 1. The van der Waals surface area contributed by atoms with Gasteiger partial charge in [-0.2, -0.15) is 13.2 Å². The molecule has 0 radical (unpaired) electrons. The van der Waals surface area contributed by atoms with Gasteiger partial charge in [-0.15, -0.1) is 0 Å². The number of pyridine rings is 1. The largest absolute Gasteiger partial charge is 0.479 e. The number of nitrogens with one attached hydrogen (secondary N) is 2. The fourth-order valence-electron chi connectivity index (χ4n) is 1.13. The van der Waals surface area contributed by atoms with Crippen LogP contribution in [-0.2, 0) is 4.79 Å². The average molecular weight is 278 g/mol. The minimum absolute atomic E-state index is 0.320. The van der Waals surface area contributed by atoms with Crippen molar-refractivity contribution in [2.75, 3.05) is 0 Å². The van der Waals surface area contributed by atoms with Crippen molar-refractivity contribution in [2.45, 2.75) is 18.6 Å². The number of H-pyrrole nitrogens is 1. The Morgan fingerprint density at radius 2 is 1.95 bits per heavy atom. The van der Waals surface area contributed by atoms with Gasteiger partial charge in [0.25, 0.3) is 5.91 Å². The predicted octanol–water partition coefficient (Wildman–Crippen LogP) is 0.510. The third-order valence-electron chi connectivity index (χ3n) is 2.40. The molecule has 0 saturated carbocycles. The third kappa shape index (κ3) is 2.92. The molecular weight excluding hydrogens is 269 g/mol. The summed E-state index contributed by atoms with van der Waals surface area (Å²) >= 11 is 0. The van der Waals surface area contributed by atoms with Crippen LogP contribution in [-0.4, -0.2) is 33.7 Å². The van der Waals surface area contributed by atoms with Gasteiger partial charge < -0.3 is 15.4 Å². The van der Waals surface area contributed by atoms with E-state index in [-0.39, 0.29) is 5.56 Å². The Morgan fingerprint density at radius 3 is 2.37 bits per heavy atom. The first-order valence-electron chi connectivity index (χ1n) is 4.89. The van der Waals surface area contributed by atoms with E-state index in [1.54, 1.807) is 0 Å². The molecule has 1 heterocycles. The van der Waals surface area contributed by atoms with Crippen molar-refractivity contribution in [1.82, 2.24) is 10.3 Å². The maximum absolute atomic E-state index is 12.6. The molecule has 1 rings (SSSR count). The second kappa shape index (κ2) is 4.75. The summed E-state index contributed by atoms with van der Waals surface area (Å²) in [6.07, 6.45) is -4.13. The molecule has 0 fully saturated rings. The van der Waals surface area contributed by atoms with Crippen molar-refractivity contribution in [3.63, 3.8) is 0 Å². The smallest absolute Gasteiger partial charge is 0.422 e. The highest BCUT2D eigenvalue weighted by Gasteiger charge is 2.58. The van der Waals surface area contributed by atoms with Crippen LogP contribution in [0.15, 0.2) is 23.1 Å². The summed E-state index contributed by atoms with van der Waals surface area (Å²) in [6, 6.07) is 1.81. The van der Waals surface area contributed by atoms with Gasteiger partial charge in [-0.05, 0) is 13.0 Å². The minimum Gasteiger partial charge on any atom is -0.479 e. The predicted molar refractivity (Wildman–Crippen MR) is 56.6 cm³/mol. The van der Waals surface area contributed by atoms with Gasteiger partial charge in [0.1, 0.15) is 0 Å². The summed E-state index contributed by atoms with van der Waals surface area (Å²) in [4.78, 5) is 35.3. The molecule has 0 aliphatic heterocycles. The quantitative estimate of drug-likeness (QED) is 0.750. The molecule has 19 heavy (non-hydrogen) atoms. The molecule has 1 unspecified atom stereocenters. The van der Waals surface area contributed by atoms with Gasteiger partial charge in [0.15, 0.2) is 0 Å². The number of hydrogen-bond donors (Lipinski definition) is 3. The lowest BCUT2D eigenvalue weighted by molar-refractivity contribution is -0.203. The number of carboxylic acids is 1. The van der Waals surface area contributed by atoms with E-state index < -0.39 is 29.2 Å². The Hall–Kier alpha value is -2.32. The second-order valence-corrected chi connectivity index (χ2v) is 3.82. The van der Waals surface area contributed by atoms with Gasteiger partial charge in [-0.3, -0.25) is 9.59 Å². The highest BCUT2D eigenvalue weighted by molar-refractivity contribution is 5.97. The number of aliphatic carboxylic acids is 1. The van der Waals surface area contributed by atoms with Crippen molar-refractivity contribution in [1.29, 1.82) is 0 Å². The van der Waals surface area contributed by atoms with Crippen LogP contribution in [0.3, 0.4) is 0 Å². The number of halogens is 3. The van der Waals surface area contributed by atoms with Crippen molar-refractivity contribution >= 4 is 11.9 Å². The van der Waals surface area contributed by atoms with E-state index >= 15 is 0 Å². The summed E-state index contributed by atoms with van der Waals surface area (Å²) < 4.78 is 37.9. The zero-order valence-corrected chi connectivity index (χ0v) is 9.54. The molecule has 1 aromatic heterocycles. The minimum atomic E-state index is -5.18. The van der Waals surface area contributed by atoms with E-state index in [1.807, 2.05) is 0 Å². The van der Waals surface area contributed by atoms with Gasteiger partial charge in [0.05, 0.1) is 0 Å². The first-order valence-corrected chi connectivity index (χ1v) is 4.89. The summed E-state index contributed by atoms with van der Waals surface area (Å²) in [7, 11) is 0. The molecule has 0 saturated heterocycles. The fraction of sp³-hybridized carbons (Fsp3) is 0.300. The van der Waals surface area contributed by atoms with Crippen LogP contribution in [0, 0.1) is 0 Å². The van der Waals surface area contributed by atoms with Gasteiger partial charge in [0, 0.05) is 17.8 Å². The van der Waals surface area contributed by atoms with E-state index in [0.29, 0.717) is 6.92 Å². The van der Waals surface area contributed by atoms with Crippen LogP contribution in [0.5, 0.6) is 0 Å². The lowest BCUT2D eigenvalue weighted by atomic mass is 10.0. The topological polar surface area (TPSA) is 99.3 Å². The molecule has 0 bridgehead atoms. The summed E-state index contributed by atoms with van der Waals surface area (Å²) in [5.74, 6) is -3.56. The maximum Gasteiger partial charge on any atom is 0.422 e. The van der Waals surface area contributed by atoms with Crippen LogP contribution < -0.4 is 10.9 Å². The second-order valence-electron chi connectivity index (χ2n) is 3.82. The van der Waals surface area contributed by atoms with Crippen LogP contribution in [0.4, 0.5) is 13.2 Å². The summed E-state index contributed by atoms with van der Waals surface area (Å²) in [6.45, 7) is 0.320. The Labute approximate surface area is 104 Å². The van der Waals surface area contributed by atoms with E-state index in [1.165, 1.54) is 5.32 Å². The van der Waals surface area contributed by atoms with Crippen LogP contribution >= 0.6 is 0 Å². The summed E-state index contributed by atoms with van der Waals surface area (Å²) in [5, 5.41) is 9.98. The van der Waals surface area contributed by atoms with E-state index in [0.717, 1.165) is 18.3 Å². The standard InChI is InChI=1S/C10H9F3N2O4/c1-9(8(18)19,10(11,12)13)15-7(17)5-2-3-14-6(16)4-5/h2-4H,1H3,(H,14,16)(H,15,17)(H,18,19). The maximum atomic E-state index is 12.6. The Morgan fingerprint density at radius 1 is 1.37 bits per heavy atom. The van der Waals surface area contributed by atoms with Gasteiger partial charge in [-0.1, -0.05) is 0 Å². The molecule has 104 valence electrons. The first-order chi connectivity index (χ1) is 8.58. The molecule has 0 spiro atoms. The van der Waals surface area contributed by atoms with E-state index in [2.05, 4.69) is 4.98 Å². The lowest BCUT2D eigenvalue weighted by Crippen LogP contribution is -2.61. The number of rotatable bonds is 3. The monoisotopic (exact) mass is 278 g/mol. The Balaban J connectivity index is 3.09. The molecule has 1 amide bonds. The van der Waals surface area contributed by atoms with Gasteiger partial charge in [-0.25, -0.2) is 4.79 Å². The van der Waals surface area contributed by atoms with Crippen molar-refractivity contribution in [2.24, 2.45) is 0 Å². The SMILES string of the molecule is CC(NC(=O)c1cc[nH]c(=O)c1)(C(=O)O)C(F)(F)F. The number of carboxylic acid groups (broad SMARTS) is 1.